The van der Waals surface area contributed by atoms with Crippen LogP contribution in [0, 0.1) is 0 Å². The number of aliphatic hydroxyl groups excluding tert-OH is 1. The molecule has 1 saturated heterocycles. The largest absolute Gasteiger partial charge is 0.392 e. The van der Waals surface area contributed by atoms with Crippen molar-refractivity contribution in [2.75, 3.05) is 53.0 Å². The zero-order chi connectivity index (χ0) is 17.4. The normalized spacial score (nSPS) is 19.9. The molecule has 6 heteroatoms. The van der Waals surface area contributed by atoms with Crippen molar-refractivity contribution in [2.45, 2.75) is 19.1 Å². The van der Waals surface area contributed by atoms with Crippen LogP contribution in [0.25, 0.3) is 0 Å². The molecular weight excluding hydrogens is 308 g/mol. The van der Waals surface area contributed by atoms with E-state index >= 15 is 0 Å². The fourth-order valence-corrected chi connectivity index (χ4v) is 2.92. The molecule has 1 fully saturated rings. The average molecular weight is 336 g/mol. The van der Waals surface area contributed by atoms with Gasteiger partial charge in [-0.25, -0.2) is 0 Å². The molecule has 2 rings (SSSR count). The number of rotatable bonds is 8. The van der Waals surface area contributed by atoms with Crippen LogP contribution in [0.5, 0.6) is 0 Å². The maximum Gasteiger partial charge on any atom is 0.254 e. The van der Waals surface area contributed by atoms with Gasteiger partial charge in [-0.15, -0.1) is 0 Å². The zero-order valence-corrected chi connectivity index (χ0v) is 14.6. The minimum absolute atomic E-state index is 0.0103. The highest BCUT2D eigenvalue weighted by atomic mass is 16.5. The molecule has 1 aromatic rings. The van der Waals surface area contributed by atoms with E-state index < -0.39 is 0 Å². The standard InChI is InChI=1S/C18H28N2O4/c1-15(21)12-19-8-11-24-17(13-19)14-20(9-10-23-2)18(22)16-6-4-3-5-7-16/h3-7,15,17,21H,8-14H2,1-2H3/t15-,17-/m1/s1. The summed E-state index contributed by atoms with van der Waals surface area (Å²) in [7, 11) is 1.63. The highest BCUT2D eigenvalue weighted by Gasteiger charge is 2.25. The molecule has 0 aromatic heterocycles. The van der Waals surface area contributed by atoms with E-state index in [1.165, 1.54) is 0 Å². The first-order chi connectivity index (χ1) is 11.6. The topological polar surface area (TPSA) is 62.2 Å². The van der Waals surface area contributed by atoms with Crippen LogP contribution in [0.1, 0.15) is 17.3 Å². The third kappa shape index (κ3) is 5.87. The molecule has 0 spiro atoms. The Kier molecular flexibility index (Phi) is 7.65. The van der Waals surface area contributed by atoms with E-state index in [1.807, 2.05) is 30.3 Å². The van der Waals surface area contributed by atoms with Gasteiger partial charge in [0.2, 0.25) is 0 Å². The summed E-state index contributed by atoms with van der Waals surface area (Å²) in [5, 5.41) is 9.56. The van der Waals surface area contributed by atoms with Crippen LogP contribution < -0.4 is 0 Å². The van der Waals surface area contributed by atoms with Crippen LogP contribution in [-0.4, -0.2) is 86.1 Å². The van der Waals surface area contributed by atoms with Crippen molar-refractivity contribution < 1.29 is 19.4 Å². The second kappa shape index (κ2) is 9.74. The zero-order valence-electron chi connectivity index (χ0n) is 14.6. The quantitative estimate of drug-likeness (QED) is 0.763. The summed E-state index contributed by atoms with van der Waals surface area (Å²) in [6.45, 7) is 6.10. The SMILES string of the molecule is COCCN(C[C@H]1CN(C[C@@H](C)O)CCO1)C(=O)c1ccccc1. The van der Waals surface area contributed by atoms with E-state index in [1.54, 1.807) is 18.9 Å². The molecule has 1 aliphatic rings. The van der Waals surface area contributed by atoms with Crippen molar-refractivity contribution in [3.63, 3.8) is 0 Å². The maximum atomic E-state index is 12.7. The molecule has 1 aromatic carbocycles. The van der Waals surface area contributed by atoms with E-state index in [2.05, 4.69) is 4.90 Å². The highest BCUT2D eigenvalue weighted by molar-refractivity contribution is 5.94. The lowest BCUT2D eigenvalue weighted by Crippen LogP contribution is -2.50. The Morgan fingerprint density at radius 1 is 1.46 bits per heavy atom. The third-order valence-electron chi connectivity index (χ3n) is 4.04. The lowest BCUT2D eigenvalue weighted by Gasteiger charge is -2.36. The number of morpholine rings is 1. The van der Waals surface area contributed by atoms with Gasteiger partial charge in [-0.1, -0.05) is 18.2 Å². The minimum atomic E-state index is -0.362. The summed E-state index contributed by atoms with van der Waals surface area (Å²) in [6, 6.07) is 9.27. The number of hydrogen-bond acceptors (Lipinski definition) is 5. The number of hydrogen-bond donors (Lipinski definition) is 1. The Bertz CT molecular complexity index is 495. The number of ether oxygens (including phenoxy) is 2. The Balaban J connectivity index is 1.98. The minimum Gasteiger partial charge on any atom is -0.392 e. The Morgan fingerprint density at radius 2 is 2.21 bits per heavy atom. The van der Waals surface area contributed by atoms with Gasteiger partial charge in [-0.05, 0) is 19.1 Å². The van der Waals surface area contributed by atoms with Crippen molar-refractivity contribution >= 4 is 5.91 Å². The van der Waals surface area contributed by atoms with Gasteiger partial charge in [0.1, 0.15) is 0 Å². The molecule has 2 atom stereocenters. The molecule has 0 saturated carbocycles. The summed E-state index contributed by atoms with van der Waals surface area (Å²) < 4.78 is 11.0. The van der Waals surface area contributed by atoms with Gasteiger partial charge in [0, 0.05) is 45.4 Å². The first-order valence-electron chi connectivity index (χ1n) is 8.45. The predicted octanol–water partition coefficient (Wildman–Crippen LogP) is 0.857. The molecular formula is C18H28N2O4. The summed E-state index contributed by atoms with van der Waals surface area (Å²) in [6.07, 6.45) is -0.415. The molecule has 0 radical (unpaired) electrons. The monoisotopic (exact) mass is 336 g/mol. The summed E-state index contributed by atoms with van der Waals surface area (Å²) in [5.74, 6) is -0.0103. The van der Waals surface area contributed by atoms with E-state index in [0.717, 1.165) is 13.1 Å². The summed E-state index contributed by atoms with van der Waals surface area (Å²) >= 11 is 0. The molecule has 0 unspecified atom stereocenters. The average Bonchev–Trinajstić information content (AvgIpc) is 2.58. The van der Waals surface area contributed by atoms with Gasteiger partial charge in [-0.3, -0.25) is 9.69 Å². The van der Waals surface area contributed by atoms with Gasteiger partial charge < -0.3 is 19.5 Å². The molecule has 1 amide bonds. The smallest absolute Gasteiger partial charge is 0.254 e. The molecule has 1 heterocycles. The van der Waals surface area contributed by atoms with Crippen LogP contribution in [-0.2, 0) is 9.47 Å². The molecule has 24 heavy (non-hydrogen) atoms. The fraction of sp³-hybridized carbons (Fsp3) is 0.611. The van der Waals surface area contributed by atoms with E-state index in [9.17, 15) is 9.90 Å². The predicted molar refractivity (Wildman–Crippen MR) is 92.1 cm³/mol. The lowest BCUT2D eigenvalue weighted by atomic mass is 10.1. The molecule has 6 nitrogen and oxygen atoms in total. The Labute approximate surface area is 144 Å². The first-order valence-corrected chi connectivity index (χ1v) is 8.45. The van der Waals surface area contributed by atoms with E-state index in [4.69, 9.17) is 9.47 Å². The first kappa shape index (κ1) is 18.9. The van der Waals surface area contributed by atoms with Crippen LogP contribution in [0.15, 0.2) is 30.3 Å². The van der Waals surface area contributed by atoms with Crippen LogP contribution >= 0.6 is 0 Å². The molecule has 1 aliphatic heterocycles. The number of carbonyl (C=O) groups is 1. The van der Waals surface area contributed by atoms with Crippen LogP contribution in [0.4, 0.5) is 0 Å². The van der Waals surface area contributed by atoms with E-state index in [-0.39, 0.29) is 18.1 Å². The molecule has 134 valence electrons. The number of aliphatic hydroxyl groups is 1. The number of nitrogens with zero attached hydrogens (tertiary/aromatic N) is 2. The number of β-amino-alcohol motifs (C(OH)–C–C–N with tert-alkyl or cyclic N) is 1. The fourth-order valence-electron chi connectivity index (χ4n) is 2.92. The number of benzene rings is 1. The molecule has 0 aliphatic carbocycles. The van der Waals surface area contributed by atoms with Crippen molar-refractivity contribution in [1.29, 1.82) is 0 Å². The summed E-state index contributed by atoms with van der Waals surface area (Å²) in [4.78, 5) is 16.7. The van der Waals surface area contributed by atoms with Crippen LogP contribution in [0.2, 0.25) is 0 Å². The lowest BCUT2D eigenvalue weighted by molar-refractivity contribution is -0.0503. The second-order valence-electron chi connectivity index (χ2n) is 6.21. The number of methoxy groups -OCH3 is 1. The number of carbonyl (C=O) groups excluding carboxylic acids is 1. The van der Waals surface area contributed by atoms with E-state index in [0.29, 0.717) is 38.4 Å². The van der Waals surface area contributed by atoms with Crippen molar-refractivity contribution in [1.82, 2.24) is 9.80 Å². The van der Waals surface area contributed by atoms with Gasteiger partial charge in [0.05, 0.1) is 25.4 Å². The number of amides is 1. The third-order valence-corrected chi connectivity index (χ3v) is 4.04. The molecule has 1 N–H and O–H groups in total. The van der Waals surface area contributed by atoms with Gasteiger partial charge >= 0.3 is 0 Å². The van der Waals surface area contributed by atoms with Gasteiger partial charge in [-0.2, -0.15) is 0 Å². The highest BCUT2D eigenvalue weighted by Crippen LogP contribution is 2.11. The van der Waals surface area contributed by atoms with Crippen LogP contribution in [0.3, 0.4) is 0 Å². The Hall–Kier alpha value is -1.47. The van der Waals surface area contributed by atoms with Crippen molar-refractivity contribution in [2.24, 2.45) is 0 Å². The van der Waals surface area contributed by atoms with Crippen molar-refractivity contribution in [3.05, 3.63) is 35.9 Å². The molecule has 0 bridgehead atoms. The Morgan fingerprint density at radius 3 is 2.88 bits per heavy atom. The van der Waals surface area contributed by atoms with Gasteiger partial charge in [0.15, 0.2) is 0 Å². The maximum absolute atomic E-state index is 12.7. The van der Waals surface area contributed by atoms with Gasteiger partial charge in [0.25, 0.3) is 5.91 Å². The van der Waals surface area contributed by atoms with Crippen molar-refractivity contribution in [3.8, 4) is 0 Å². The second-order valence-corrected chi connectivity index (χ2v) is 6.21. The summed E-state index contributed by atoms with van der Waals surface area (Å²) in [5.41, 5.74) is 0.672.